The van der Waals surface area contributed by atoms with Crippen molar-refractivity contribution in [1.82, 2.24) is 9.88 Å². The van der Waals surface area contributed by atoms with Crippen molar-refractivity contribution in [3.63, 3.8) is 0 Å². The molecule has 5 heteroatoms. The number of carbonyl (C=O) groups is 1. The molecule has 0 saturated carbocycles. The second-order valence-corrected chi connectivity index (χ2v) is 5.12. The predicted molar refractivity (Wildman–Crippen MR) is 86.8 cm³/mol. The normalized spacial score (nSPS) is 11.8. The van der Waals surface area contributed by atoms with Gasteiger partial charge in [-0.2, -0.15) is 0 Å². The second-order valence-electron chi connectivity index (χ2n) is 5.12. The van der Waals surface area contributed by atoms with E-state index in [2.05, 4.69) is 10.3 Å². The summed E-state index contributed by atoms with van der Waals surface area (Å²) in [6, 6.07) is 12.9. The number of nitrogens with one attached hydrogen (secondary N) is 1. The van der Waals surface area contributed by atoms with E-state index >= 15 is 0 Å². The van der Waals surface area contributed by atoms with Gasteiger partial charge in [0.2, 0.25) is 0 Å². The highest BCUT2D eigenvalue weighted by atomic mass is 16.3. The molecule has 1 aromatic heterocycles. The minimum Gasteiger partial charge on any atom is -0.388 e. The molecule has 0 bridgehead atoms. The van der Waals surface area contributed by atoms with Crippen LogP contribution in [0.15, 0.2) is 48.7 Å². The van der Waals surface area contributed by atoms with Crippen LogP contribution < -0.4 is 5.32 Å². The smallest absolute Gasteiger partial charge is 0.253 e. The molecule has 1 atom stereocenters. The molecule has 0 saturated heterocycles. The number of aromatic nitrogens is 1. The van der Waals surface area contributed by atoms with E-state index in [9.17, 15) is 9.90 Å². The maximum absolute atomic E-state index is 12.4. The number of pyridine rings is 1. The molecule has 2 rings (SSSR count). The van der Waals surface area contributed by atoms with Crippen molar-refractivity contribution in [3.8, 4) is 0 Å². The number of rotatable bonds is 6. The highest BCUT2D eigenvalue weighted by Gasteiger charge is 2.14. The van der Waals surface area contributed by atoms with Gasteiger partial charge in [-0.15, -0.1) is 0 Å². The lowest BCUT2D eigenvalue weighted by atomic mass is 10.1. The van der Waals surface area contributed by atoms with E-state index in [1.165, 1.54) is 0 Å². The van der Waals surface area contributed by atoms with E-state index in [1.807, 2.05) is 30.3 Å². The van der Waals surface area contributed by atoms with Crippen LogP contribution in [0, 0.1) is 0 Å². The first-order valence-corrected chi connectivity index (χ1v) is 7.24. The molecule has 0 fully saturated rings. The number of anilines is 1. The zero-order chi connectivity index (χ0) is 15.9. The van der Waals surface area contributed by atoms with Gasteiger partial charge in [0.05, 0.1) is 6.10 Å². The van der Waals surface area contributed by atoms with E-state index in [0.29, 0.717) is 24.3 Å². The fourth-order valence-electron chi connectivity index (χ4n) is 2.18. The lowest BCUT2D eigenvalue weighted by molar-refractivity contribution is 0.0761. The highest BCUT2D eigenvalue weighted by molar-refractivity contribution is 5.94. The van der Waals surface area contributed by atoms with E-state index < -0.39 is 6.10 Å². The third kappa shape index (κ3) is 4.05. The highest BCUT2D eigenvalue weighted by Crippen LogP contribution is 2.17. The van der Waals surface area contributed by atoms with Gasteiger partial charge in [-0.05, 0) is 24.1 Å². The van der Waals surface area contributed by atoms with Crippen LogP contribution in [0.1, 0.15) is 28.4 Å². The van der Waals surface area contributed by atoms with Crippen LogP contribution in [0.5, 0.6) is 0 Å². The van der Waals surface area contributed by atoms with Crippen molar-refractivity contribution in [1.29, 1.82) is 0 Å². The van der Waals surface area contributed by atoms with Crippen molar-refractivity contribution >= 4 is 11.7 Å². The molecular weight excluding hydrogens is 278 g/mol. The number of amides is 1. The average Bonchev–Trinajstić information content (AvgIpc) is 2.59. The van der Waals surface area contributed by atoms with Crippen molar-refractivity contribution < 1.29 is 9.90 Å². The molecule has 2 N–H and O–H groups in total. The second kappa shape index (κ2) is 7.56. The maximum Gasteiger partial charge on any atom is 0.253 e. The SMILES string of the molecule is CNc1cc(C(=O)N(C)CCC(O)c2ccccc2)ccn1. The summed E-state index contributed by atoms with van der Waals surface area (Å²) in [6.07, 6.45) is 1.53. The average molecular weight is 299 g/mol. The summed E-state index contributed by atoms with van der Waals surface area (Å²) < 4.78 is 0. The van der Waals surface area contributed by atoms with Crippen LogP contribution in [0.2, 0.25) is 0 Å². The minimum atomic E-state index is -0.568. The Morgan fingerprint density at radius 1 is 1.32 bits per heavy atom. The first-order chi connectivity index (χ1) is 10.6. The van der Waals surface area contributed by atoms with Crippen LogP contribution in [-0.4, -0.2) is 41.5 Å². The molecule has 0 spiro atoms. The van der Waals surface area contributed by atoms with Crippen LogP contribution in [0.3, 0.4) is 0 Å². The van der Waals surface area contributed by atoms with E-state index in [4.69, 9.17) is 0 Å². The summed E-state index contributed by atoms with van der Waals surface area (Å²) >= 11 is 0. The number of aliphatic hydroxyl groups is 1. The number of nitrogens with zero attached hydrogens (tertiary/aromatic N) is 2. The molecule has 1 aromatic carbocycles. The van der Waals surface area contributed by atoms with Gasteiger partial charge in [-0.1, -0.05) is 30.3 Å². The number of aliphatic hydroxyl groups excluding tert-OH is 1. The van der Waals surface area contributed by atoms with Crippen molar-refractivity contribution in [2.24, 2.45) is 0 Å². The lowest BCUT2D eigenvalue weighted by Gasteiger charge is -2.19. The van der Waals surface area contributed by atoms with E-state index in [0.717, 1.165) is 5.56 Å². The molecule has 2 aromatic rings. The molecular formula is C17H21N3O2. The number of hydrogen-bond donors (Lipinski definition) is 2. The first-order valence-electron chi connectivity index (χ1n) is 7.24. The Morgan fingerprint density at radius 2 is 2.05 bits per heavy atom. The van der Waals surface area contributed by atoms with E-state index in [-0.39, 0.29) is 5.91 Å². The zero-order valence-electron chi connectivity index (χ0n) is 12.9. The zero-order valence-corrected chi connectivity index (χ0v) is 12.9. The van der Waals surface area contributed by atoms with Crippen LogP contribution >= 0.6 is 0 Å². The monoisotopic (exact) mass is 299 g/mol. The summed E-state index contributed by atoms with van der Waals surface area (Å²) in [4.78, 5) is 18.1. The Hall–Kier alpha value is -2.40. The van der Waals surface area contributed by atoms with E-state index in [1.54, 1.807) is 37.3 Å². The Morgan fingerprint density at radius 3 is 2.73 bits per heavy atom. The van der Waals surface area contributed by atoms with Gasteiger partial charge in [0, 0.05) is 32.4 Å². The quantitative estimate of drug-likeness (QED) is 0.859. The molecule has 1 heterocycles. The summed E-state index contributed by atoms with van der Waals surface area (Å²) in [5, 5.41) is 13.1. The third-order valence-corrected chi connectivity index (χ3v) is 3.53. The van der Waals surface area contributed by atoms with Crippen molar-refractivity contribution in [2.45, 2.75) is 12.5 Å². The number of benzene rings is 1. The van der Waals surface area contributed by atoms with Crippen molar-refractivity contribution in [2.75, 3.05) is 26.0 Å². The minimum absolute atomic E-state index is 0.0841. The number of hydrogen-bond acceptors (Lipinski definition) is 4. The maximum atomic E-state index is 12.4. The van der Waals surface area contributed by atoms with Crippen LogP contribution in [0.25, 0.3) is 0 Å². The number of carbonyl (C=O) groups excluding carboxylic acids is 1. The van der Waals surface area contributed by atoms with Gasteiger partial charge < -0.3 is 15.3 Å². The van der Waals surface area contributed by atoms with Crippen molar-refractivity contribution in [3.05, 3.63) is 59.8 Å². The summed E-state index contributed by atoms with van der Waals surface area (Å²) in [6.45, 7) is 0.478. The van der Waals surface area contributed by atoms with Gasteiger partial charge in [0.1, 0.15) is 5.82 Å². The molecule has 0 radical (unpaired) electrons. The fraction of sp³-hybridized carbons (Fsp3) is 0.294. The standard InChI is InChI=1S/C17H21N3O2/c1-18-16-12-14(8-10-19-16)17(22)20(2)11-9-15(21)13-6-4-3-5-7-13/h3-8,10,12,15,21H,9,11H2,1-2H3,(H,18,19). The summed E-state index contributed by atoms with van der Waals surface area (Å²) in [5.41, 5.74) is 1.45. The van der Waals surface area contributed by atoms with Gasteiger partial charge in [-0.3, -0.25) is 4.79 Å². The molecule has 22 heavy (non-hydrogen) atoms. The molecule has 1 unspecified atom stereocenters. The summed E-state index contributed by atoms with van der Waals surface area (Å²) in [5.74, 6) is 0.572. The van der Waals surface area contributed by atoms with Crippen LogP contribution in [0.4, 0.5) is 5.82 Å². The Labute approximate surface area is 130 Å². The molecule has 1 amide bonds. The van der Waals surface area contributed by atoms with Gasteiger partial charge >= 0.3 is 0 Å². The van der Waals surface area contributed by atoms with Crippen LogP contribution in [-0.2, 0) is 0 Å². The molecule has 0 aliphatic heterocycles. The summed E-state index contributed by atoms with van der Waals surface area (Å²) in [7, 11) is 3.50. The largest absolute Gasteiger partial charge is 0.388 e. The predicted octanol–water partition coefficient (Wildman–Crippen LogP) is 2.32. The Kier molecular flexibility index (Phi) is 5.49. The Bertz CT molecular complexity index is 616. The van der Waals surface area contributed by atoms with Gasteiger partial charge in [0.25, 0.3) is 5.91 Å². The molecule has 116 valence electrons. The van der Waals surface area contributed by atoms with Gasteiger partial charge in [0.15, 0.2) is 0 Å². The topological polar surface area (TPSA) is 65.5 Å². The lowest BCUT2D eigenvalue weighted by Crippen LogP contribution is -2.28. The third-order valence-electron chi connectivity index (χ3n) is 3.53. The Balaban J connectivity index is 1.94. The first kappa shape index (κ1) is 16.0. The van der Waals surface area contributed by atoms with Gasteiger partial charge in [-0.25, -0.2) is 4.98 Å². The molecule has 5 nitrogen and oxygen atoms in total. The molecule has 0 aliphatic carbocycles. The fourth-order valence-corrected chi connectivity index (χ4v) is 2.18. The molecule has 0 aliphatic rings.